The molecule has 0 aromatic carbocycles. The van der Waals surface area contributed by atoms with Crippen LogP contribution in [0.4, 0.5) is 0 Å². The van der Waals surface area contributed by atoms with Crippen LogP contribution in [0, 0.1) is 0 Å². The topological polar surface area (TPSA) is 237 Å². The first-order valence-electron chi connectivity index (χ1n) is 43.1. The maximum Gasteiger partial charge on any atom is 0.472 e. The minimum atomic E-state index is -4.97. The highest BCUT2D eigenvalue weighted by atomic mass is 31.2. The number of phosphoric ester groups is 2. The second-order valence-electron chi connectivity index (χ2n) is 29.5. The Morgan fingerprint density at radius 3 is 0.709 bits per heavy atom. The number of aliphatic hydroxyl groups excluding tert-OH is 1. The molecule has 0 aromatic heterocycles. The second-order valence-corrected chi connectivity index (χ2v) is 32.4. The van der Waals surface area contributed by atoms with Crippen molar-refractivity contribution in [1.29, 1.82) is 0 Å². The normalized spacial score (nSPS) is 13.9. The van der Waals surface area contributed by atoms with E-state index in [0.29, 0.717) is 25.7 Å². The lowest BCUT2D eigenvalue weighted by Gasteiger charge is -2.21. The molecule has 0 aliphatic carbocycles. The van der Waals surface area contributed by atoms with E-state index in [1.165, 1.54) is 250 Å². The Bertz CT molecular complexity index is 2040. The summed E-state index contributed by atoms with van der Waals surface area (Å²) in [7, 11) is -9.93. The third-order valence-electron chi connectivity index (χ3n) is 19.2. The van der Waals surface area contributed by atoms with Gasteiger partial charge in [0.05, 0.1) is 26.4 Å². The molecule has 0 radical (unpaired) electrons. The molecule has 0 bridgehead atoms. The molecule has 0 aromatic rings. The van der Waals surface area contributed by atoms with Crippen molar-refractivity contribution in [3.8, 4) is 0 Å². The zero-order valence-corrected chi connectivity index (χ0v) is 68.6. The van der Waals surface area contributed by atoms with Crippen molar-refractivity contribution in [3.63, 3.8) is 0 Å². The molecule has 0 amide bonds. The van der Waals surface area contributed by atoms with E-state index in [4.69, 9.17) is 37.0 Å². The van der Waals surface area contributed by atoms with Gasteiger partial charge in [0.2, 0.25) is 0 Å². The summed E-state index contributed by atoms with van der Waals surface area (Å²) in [4.78, 5) is 73.1. The van der Waals surface area contributed by atoms with E-state index in [1.807, 2.05) is 0 Å². The summed E-state index contributed by atoms with van der Waals surface area (Å²) in [6.45, 7) is 4.97. The van der Waals surface area contributed by atoms with Gasteiger partial charge < -0.3 is 33.8 Å². The molecule has 0 saturated heterocycles. The Labute approximate surface area is 631 Å². The Morgan fingerprint density at radius 2 is 0.466 bits per heavy atom. The van der Waals surface area contributed by atoms with Crippen LogP contribution in [0.25, 0.3) is 0 Å². The van der Waals surface area contributed by atoms with Gasteiger partial charge in [0, 0.05) is 25.7 Å². The van der Waals surface area contributed by atoms with Crippen molar-refractivity contribution in [2.24, 2.45) is 0 Å². The van der Waals surface area contributed by atoms with Crippen molar-refractivity contribution in [3.05, 3.63) is 24.3 Å². The number of hydrogen-bond acceptors (Lipinski definition) is 15. The van der Waals surface area contributed by atoms with Crippen LogP contribution >= 0.6 is 15.6 Å². The first-order chi connectivity index (χ1) is 50.2. The van der Waals surface area contributed by atoms with Crippen LogP contribution < -0.4 is 0 Å². The molecule has 103 heavy (non-hydrogen) atoms. The lowest BCUT2D eigenvalue weighted by Crippen LogP contribution is -2.30. The Hall–Kier alpha value is -2.46. The first-order valence-corrected chi connectivity index (χ1v) is 46.1. The third-order valence-corrected chi connectivity index (χ3v) is 21.1. The van der Waals surface area contributed by atoms with Crippen molar-refractivity contribution in [2.75, 3.05) is 39.6 Å². The van der Waals surface area contributed by atoms with Crippen LogP contribution in [0.5, 0.6) is 0 Å². The molecule has 2 unspecified atom stereocenters. The molecule has 0 aliphatic rings. The smallest absolute Gasteiger partial charge is 0.462 e. The van der Waals surface area contributed by atoms with Crippen molar-refractivity contribution < 1.29 is 80.2 Å². The fraction of sp³-hybridized carbons (Fsp3) is 0.905. The van der Waals surface area contributed by atoms with Gasteiger partial charge in [-0.2, -0.15) is 0 Å². The highest BCUT2D eigenvalue weighted by Crippen LogP contribution is 2.45. The summed E-state index contributed by atoms with van der Waals surface area (Å²) in [6.07, 6.45) is 74.4. The van der Waals surface area contributed by atoms with Crippen LogP contribution in [0.15, 0.2) is 24.3 Å². The summed E-state index contributed by atoms with van der Waals surface area (Å²) in [6, 6.07) is 0. The standard InChI is InChI=1S/C84H160O17P2/c1-5-9-13-17-21-25-29-32-35-37-39-41-44-46-49-53-57-61-65-69-82(87)95-75-80(101-84(89)71-67-63-59-55-51-48-45-42-40-38-36-33-30-26-22-18-14-10-6-2)77-99-103(92,93)97-73-78(85)72-96-102(90,91)98-76-79(74-94-81(86)68-64-60-56-52-28-24-20-16-12-8-4)100-83(88)70-66-62-58-54-50-47-43-34-31-27-23-19-15-11-7-3/h27,31,34,43,78-80,85H,5-26,28-30,32-33,35-42,44-77H2,1-4H3,(H,90,91)(H,92,93)/b31-27-,43-34-/t78-,79+,80+/m0/s1. The van der Waals surface area contributed by atoms with Gasteiger partial charge in [-0.1, -0.05) is 379 Å². The molecule has 0 saturated carbocycles. The average molecular weight is 1500 g/mol. The number of aliphatic hydroxyl groups is 1. The minimum Gasteiger partial charge on any atom is -0.462 e. The van der Waals surface area contributed by atoms with Gasteiger partial charge in [0.15, 0.2) is 12.2 Å². The van der Waals surface area contributed by atoms with Gasteiger partial charge in [-0.25, -0.2) is 9.13 Å². The predicted octanol–water partition coefficient (Wildman–Crippen LogP) is 25.3. The number of rotatable bonds is 83. The second kappa shape index (κ2) is 77.7. The Kier molecular flexibility index (Phi) is 75.8. The summed E-state index contributed by atoms with van der Waals surface area (Å²) < 4.78 is 68.8. The highest BCUT2D eigenvalue weighted by molar-refractivity contribution is 7.47. The first kappa shape index (κ1) is 101. The molecule has 0 rings (SSSR count). The number of hydrogen-bond donors (Lipinski definition) is 3. The van der Waals surface area contributed by atoms with E-state index in [0.717, 1.165) is 103 Å². The van der Waals surface area contributed by atoms with E-state index >= 15 is 0 Å². The zero-order valence-electron chi connectivity index (χ0n) is 66.8. The van der Waals surface area contributed by atoms with E-state index in [9.17, 15) is 43.2 Å². The monoisotopic (exact) mass is 1500 g/mol. The van der Waals surface area contributed by atoms with Crippen LogP contribution in [-0.4, -0.2) is 96.7 Å². The zero-order chi connectivity index (χ0) is 75.3. The van der Waals surface area contributed by atoms with Crippen molar-refractivity contribution in [1.82, 2.24) is 0 Å². The van der Waals surface area contributed by atoms with Gasteiger partial charge in [-0.05, 0) is 51.4 Å². The summed E-state index contributed by atoms with van der Waals surface area (Å²) in [5, 5.41) is 10.7. The van der Waals surface area contributed by atoms with Crippen LogP contribution in [-0.2, 0) is 65.4 Å². The van der Waals surface area contributed by atoms with Crippen molar-refractivity contribution >= 4 is 39.5 Å². The molecule has 0 aliphatic heterocycles. The summed E-state index contributed by atoms with van der Waals surface area (Å²) in [5.41, 5.74) is 0. The summed E-state index contributed by atoms with van der Waals surface area (Å²) in [5.74, 6) is -2.13. The lowest BCUT2D eigenvalue weighted by molar-refractivity contribution is -0.161. The molecule has 0 heterocycles. The van der Waals surface area contributed by atoms with E-state index in [1.54, 1.807) is 0 Å². The third kappa shape index (κ3) is 77.5. The number of allylic oxidation sites excluding steroid dienone is 4. The Morgan fingerprint density at radius 1 is 0.272 bits per heavy atom. The number of phosphoric acid groups is 2. The SMILES string of the molecule is CCCCCC/C=C\C=C/CCCCCCCC(=O)O[C@H](COC(=O)CCCCCCCCCCCC)COP(=O)(O)OC[C@H](O)COP(=O)(O)OC[C@@H](COC(=O)CCCCCCCCCCCCCCCCCCCCC)OC(=O)CCCCCCCCCCCCCCCCCCCCC. The maximum absolute atomic E-state index is 13.1. The van der Waals surface area contributed by atoms with E-state index in [-0.39, 0.29) is 25.7 Å². The van der Waals surface area contributed by atoms with Crippen LogP contribution in [0.2, 0.25) is 0 Å². The molecular formula is C84H160O17P2. The minimum absolute atomic E-state index is 0.0858. The Balaban J connectivity index is 5.25. The summed E-state index contributed by atoms with van der Waals surface area (Å²) >= 11 is 0. The van der Waals surface area contributed by atoms with Gasteiger partial charge >= 0.3 is 39.5 Å². The number of esters is 4. The molecule has 0 spiro atoms. The molecule has 0 fully saturated rings. The molecule has 608 valence electrons. The number of unbranched alkanes of at least 4 members (excludes halogenated alkanes) is 54. The molecule has 3 N–H and O–H groups in total. The van der Waals surface area contributed by atoms with Gasteiger partial charge in [0.25, 0.3) is 0 Å². The quantitative estimate of drug-likeness (QED) is 0.0169. The number of ether oxygens (including phenoxy) is 4. The number of carbonyl (C=O) groups excluding carboxylic acids is 4. The maximum atomic E-state index is 13.1. The fourth-order valence-electron chi connectivity index (χ4n) is 12.6. The van der Waals surface area contributed by atoms with Gasteiger partial charge in [-0.15, -0.1) is 0 Å². The molecular weight excluding hydrogens is 1340 g/mol. The van der Waals surface area contributed by atoms with E-state index < -0.39 is 97.5 Å². The molecule has 5 atom stereocenters. The predicted molar refractivity (Wildman–Crippen MR) is 423 cm³/mol. The molecule has 19 heteroatoms. The number of carbonyl (C=O) groups is 4. The van der Waals surface area contributed by atoms with E-state index in [2.05, 4.69) is 52.0 Å². The van der Waals surface area contributed by atoms with Gasteiger partial charge in [0.1, 0.15) is 19.3 Å². The fourth-order valence-corrected chi connectivity index (χ4v) is 14.2. The van der Waals surface area contributed by atoms with Gasteiger partial charge in [-0.3, -0.25) is 37.3 Å². The highest BCUT2D eigenvalue weighted by Gasteiger charge is 2.30. The average Bonchev–Trinajstić information content (AvgIpc) is 0.928. The van der Waals surface area contributed by atoms with Crippen molar-refractivity contribution in [2.45, 2.75) is 451 Å². The van der Waals surface area contributed by atoms with Crippen LogP contribution in [0.1, 0.15) is 432 Å². The molecule has 17 nitrogen and oxygen atoms in total. The van der Waals surface area contributed by atoms with Crippen LogP contribution in [0.3, 0.4) is 0 Å². The lowest BCUT2D eigenvalue weighted by atomic mass is 10.0. The largest absolute Gasteiger partial charge is 0.472 e.